The molecule has 0 spiro atoms. The molecule has 0 bridgehead atoms. The number of nitrogens with zero attached hydrogens (tertiary/aromatic N) is 2. The van der Waals surface area contributed by atoms with E-state index in [-0.39, 0.29) is 38.8 Å². The van der Waals surface area contributed by atoms with Crippen molar-refractivity contribution < 1.29 is 48.2 Å². The quantitative estimate of drug-likeness (QED) is 0.254. The third-order valence-electron chi connectivity index (χ3n) is 7.78. The van der Waals surface area contributed by atoms with Gasteiger partial charge in [0.2, 0.25) is 0 Å². The van der Waals surface area contributed by atoms with Gasteiger partial charge < -0.3 is 53.2 Å². The fourth-order valence-corrected chi connectivity index (χ4v) is 5.62. The van der Waals surface area contributed by atoms with Crippen LogP contribution in [0.4, 0.5) is 10.5 Å². The number of anilines is 1. The number of amides is 1. The topological polar surface area (TPSA) is 129 Å². The summed E-state index contributed by atoms with van der Waals surface area (Å²) in [6.45, 7) is 4.54. The first-order valence-corrected chi connectivity index (χ1v) is 15.0. The van der Waals surface area contributed by atoms with Gasteiger partial charge >= 0.3 is 6.09 Å². The Kier molecular flexibility index (Phi) is 13.3. The standard InChI is InChI=1S/C32H46N2O10/c1-38-13-4-11-33-12-14-42-28-10-5-23(17-27(28)33)20-43-29-18-34(32(36)37)19-30(44-22-25(35)21-40-3)31(29)24-6-8-26(9-7-24)41-16-15-39-2/h5-10,17,25,29-31,35H,4,11-16,18-22H2,1-3H3,(H,36,37)/t25-,29+,30-,31-/m1/s1. The van der Waals surface area contributed by atoms with E-state index in [1.165, 1.54) is 12.0 Å². The molecular weight excluding hydrogens is 572 g/mol. The molecule has 0 aromatic heterocycles. The molecule has 12 nitrogen and oxygen atoms in total. The van der Waals surface area contributed by atoms with Crippen LogP contribution < -0.4 is 14.4 Å². The Bertz CT molecular complexity index is 1150. The summed E-state index contributed by atoms with van der Waals surface area (Å²) in [4.78, 5) is 15.8. The van der Waals surface area contributed by atoms with Crippen LogP contribution in [0.2, 0.25) is 0 Å². The number of aliphatic hydroxyl groups excluding tert-OH is 1. The summed E-state index contributed by atoms with van der Waals surface area (Å²) in [7, 11) is 4.83. The molecule has 2 aliphatic heterocycles. The lowest BCUT2D eigenvalue weighted by molar-refractivity contribution is -0.107. The van der Waals surface area contributed by atoms with E-state index in [4.69, 9.17) is 33.2 Å². The van der Waals surface area contributed by atoms with Crippen LogP contribution in [-0.2, 0) is 30.3 Å². The molecular formula is C32H46N2O10. The van der Waals surface area contributed by atoms with E-state index in [1.807, 2.05) is 36.4 Å². The highest BCUT2D eigenvalue weighted by Crippen LogP contribution is 2.36. The van der Waals surface area contributed by atoms with Crippen LogP contribution in [-0.4, -0.2) is 127 Å². The molecule has 0 saturated carbocycles. The van der Waals surface area contributed by atoms with Gasteiger partial charge in [-0.15, -0.1) is 0 Å². The van der Waals surface area contributed by atoms with Crippen molar-refractivity contribution in [3.63, 3.8) is 0 Å². The van der Waals surface area contributed by atoms with E-state index in [0.717, 1.165) is 42.1 Å². The van der Waals surface area contributed by atoms with E-state index >= 15 is 0 Å². The van der Waals surface area contributed by atoms with Crippen molar-refractivity contribution in [1.29, 1.82) is 0 Å². The SMILES string of the molecule is COCCCN1CCOc2ccc(CO[C@H]3CN(C(=O)O)C[C@@H](OC[C@H](O)COC)[C@@H]3c3ccc(OCCOC)cc3)cc21. The van der Waals surface area contributed by atoms with Crippen LogP contribution in [0.5, 0.6) is 11.5 Å². The molecule has 2 heterocycles. The van der Waals surface area contributed by atoms with Crippen LogP contribution in [0.1, 0.15) is 23.5 Å². The molecule has 2 N–H and O–H groups in total. The lowest BCUT2D eigenvalue weighted by Gasteiger charge is -2.43. The summed E-state index contributed by atoms with van der Waals surface area (Å²) in [5, 5.41) is 20.3. The fourth-order valence-electron chi connectivity index (χ4n) is 5.62. The maximum atomic E-state index is 12.2. The fraction of sp³-hybridized carbons (Fsp3) is 0.594. The zero-order valence-electron chi connectivity index (χ0n) is 25.9. The van der Waals surface area contributed by atoms with Crippen molar-refractivity contribution in [3.8, 4) is 11.5 Å². The smallest absolute Gasteiger partial charge is 0.407 e. The van der Waals surface area contributed by atoms with Crippen LogP contribution in [0.25, 0.3) is 0 Å². The first-order valence-electron chi connectivity index (χ1n) is 15.0. The number of fused-ring (bicyclic) bond motifs is 1. The monoisotopic (exact) mass is 618 g/mol. The molecule has 1 fully saturated rings. The minimum atomic E-state index is -1.05. The Morgan fingerprint density at radius 3 is 2.41 bits per heavy atom. The first-order chi connectivity index (χ1) is 21.4. The van der Waals surface area contributed by atoms with Gasteiger partial charge in [0.15, 0.2) is 0 Å². The molecule has 12 heteroatoms. The van der Waals surface area contributed by atoms with Gasteiger partial charge in [-0.1, -0.05) is 18.2 Å². The predicted molar refractivity (Wildman–Crippen MR) is 163 cm³/mol. The summed E-state index contributed by atoms with van der Waals surface area (Å²) in [6, 6.07) is 13.7. The van der Waals surface area contributed by atoms with Gasteiger partial charge in [-0.05, 0) is 41.8 Å². The Hall–Kier alpha value is -3.13. The Balaban J connectivity index is 1.55. The van der Waals surface area contributed by atoms with Crippen molar-refractivity contribution in [2.45, 2.75) is 37.3 Å². The lowest BCUT2D eigenvalue weighted by Crippen LogP contribution is -2.54. The van der Waals surface area contributed by atoms with Crippen molar-refractivity contribution in [3.05, 3.63) is 53.6 Å². The van der Waals surface area contributed by atoms with Gasteiger partial charge in [0.25, 0.3) is 0 Å². The van der Waals surface area contributed by atoms with Gasteiger partial charge in [-0.25, -0.2) is 4.79 Å². The average Bonchev–Trinajstić information content (AvgIpc) is 3.03. The van der Waals surface area contributed by atoms with E-state index in [9.17, 15) is 15.0 Å². The van der Waals surface area contributed by atoms with Crippen LogP contribution in [0.3, 0.4) is 0 Å². The van der Waals surface area contributed by atoms with Crippen molar-refractivity contribution >= 4 is 11.8 Å². The number of benzene rings is 2. The number of carbonyl (C=O) groups is 1. The van der Waals surface area contributed by atoms with Crippen molar-refractivity contribution in [2.24, 2.45) is 0 Å². The second-order valence-corrected chi connectivity index (χ2v) is 10.9. The summed E-state index contributed by atoms with van der Waals surface area (Å²) in [6.07, 6.45) is -2.08. The van der Waals surface area contributed by atoms with Crippen LogP contribution in [0, 0.1) is 0 Å². The molecule has 4 atom stereocenters. The highest BCUT2D eigenvalue weighted by molar-refractivity contribution is 5.65. The normalized spacial score (nSPS) is 20.6. The molecule has 2 aromatic carbocycles. The summed E-state index contributed by atoms with van der Waals surface area (Å²) < 4.78 is 39.7. The maximum Gasteiger partial charge on any atom is 0.407 e. The third-order valence-corrected chi connectivity index (χ3v) is 7.78. The van der Waals surface area contributed by atoms with Gasteiger partial charge in [0, 0.05) is 40.4 Å². The van der Waals surface area contributed by atoms with E-state index in [0.29, 0.717) is 32.2 Å². The largest absolute Gasteiger partial charge is 0.491 e. The highest BCUT2D eigenvalue weighted by Gasteiger charge is 2.41. The molecule has 4 rings (SSSR count). The van der Waals surface area contributed by atoms with E-state index in [1.54, 1.807) is 14.2 Å². The first kappa shape index (κ1) is 33.8. The average molecular weight is 619 g/mol. The maximum absolute atomic E-state index is 12.2. The molecule has 0 radical (unpaired) electrons. The summed E-state index contributed by atoms with van der Waals surface area (Å²) >= 11 is 0. The lowest BCUT2D eigenvalue weighted by atomic mass is 9.84. The number of aliphatic hydroxyl groups is 1. The molecule has 244 valence electrons. The zero-order chi connectivity index (χ0) is 31.3. The van der Waals surface area contributed by atoms with Crippen LogP contribution in [0.15, 0.2) is 42.5 Å². The highest BCUT2D eigenvalue weighted by atomic mass is 16.5. The molecule has 2 aliphatic rings. The minimum Gasteiger partial charge on any atom is -0.491 e. The minimum absolute atomic E-state index is 0.00285. The number of hydrogen-bond acceptors (Lipinski definition) is 10. The van der Waals surface area contributed by atoms with Gasteiger partial charge in [0.1, 0.15) is 30.8 Å². The van der Waals surface area contributed by atoms with E-state index in [2.05, 4.69) is 11.0 Å². The third kappa shape index (κ3) is 9.43. The predicted octanol–water partition coefficient (Wildman–Crippen LogP) is 3.00. The number of methoxy groups -OCH3 is 3. The van der Waals surface area contributed by atoms with Crippen molar-refractivity contribution in [1.82, 2.24) is 4.90 Å². The molecule has 0 unspecified atom stereocenters. The molecule has 0 aliphatic carbocycles. The number of likely N-dealkylation sites (tertiary alicyclic amines) is 1. The summed E-state index contributed by atoms with van der Waals surface area (Å²) in [5.74, 6) is 1.23. The number of piperidine rings is 1. The number of hydrogen-bond donors (Lipinski definition) is 2. The van der Waals surface area contributed by atoms with Gasteiger partial charge in [-0.2, -0.15) is 0 Å². The molecule has 44 heavy (non-hydrogen) atoms. The number of carboxylic acid groups (broad SMARTS) is 1. The van der Waals surface area contributed by atoms with Gasteiger partial charge in [0.05, 0.1) is 64.0 Å². The molecule has 1 amide bonds. The van der Waals surface area contributed by atoms with Crippen LogP contribution >= 0.6 is 0 Å². The Morgan fingerprint density at radius 1 is 0.955 bits per heavy atom. The van der Waals surface area contributed by atoms with Gasteiger partial charge in [-0.3, -0.25) is 0 Å². The molecule has 1 saturated heterocycles. The Morgan fingerprint density at radius 2 is 1.70 bits per heavy atom. The second-order valence-electron chi connectivity index (χ2n) is 10.9. The van der Waals surface area contributed by atoms with Crippen molar-refractivity contribution in [2.75, 3.05) is 92.0 Å². The number of rotatable bonds is 17. The number of ether oxygens (including phenoxy) is 7. The Labute approximate surface area is 259 Å². The second kappa shape index (κ2) is 17.4. The molecule has 2 aromatic rings. The zero-order valence-corrected chi connectivity index (χ0v) is 25.9. The summed E-state index contributed by atoms with van der Waals surface area (Å²) in [5.41, 5.74) is 2.89. The van der Waals surface area contributed by atoms with E-state index < -0.39 is 24.4 Å².